The number of rotatable bonds is 1. The number of likely N-dealkylation sites (tertiary alicyclic amines) is 1. The Morgan fingerprint density at radius 2 is 2.05 bits per heavy atom. The zero-order valence-electron chi connectivity index (χ0n) is 11.1. The van der Waals surface area contributed by atoms with E-state index in [0.29, 0.717) is 11.8 Å². The van der Waals surface area contributed by atoms with Crippen molar-refractivity contribution in [1.29, 1.82) is 5.26 Å². The van der Waals surface area contributed by atoms with Gasteiger partial charge in [-0.25, -0.2) is 4.39 Å². The van der Waals surface area contributed by atoms with Crippen LogP contribution in [0.3, 0.4) is 0 Å². The monoisotopic (exact) mass is 259 g/mol. The molecule has 0 unspecified atom stereocenters. The molecule has 3 rings (SSSR count). The van der Waals surface area contributed by atoms with Gasteiger partial charge in [-0.2, -0.15) is 5.26 Å². The van der Waals surface area contributed by atoms with Crippen molar-refractivity contribution in [2.75, 3.05) is 38.1 Å². The number of fused-ring (bicyclic) bond motifs is 1. The number of benzene rings is 1. The van der Waals surface area contributed by atoms with Crippen LogP contribution in [0.4, 0.5) is 10.1 Å². The van der Waals surface area contributed by atoms with Crippen LogP contribution in [0.5, 0.6) is 0 Å². The smallest absolute Gasteiger partial charge is 0.143 e. The minimum absolute atomic E-state index is 0.189. The van der Waals surface area contributed by atoms with E-state index in [0.717, 1.165) is 31.9 Å². The average Bonchev–Trinajstić information content (AvgIpc) is 2.81. The van der Waals surface area contributed by atoms with Crippen molar-refractivity contribution in [2.24, 2.45) is 11.8 Å². The molecule has 0 aromatic heterocycles. The molecule has 0 N–H and O–H groups in total. The summed E-state index contributed by atoms with van der Waals surface area (Å²) in [5.41, 5.74) is 0.953. The molecule has 4 heteroatoms. The highest BCUT2D eigenvalue weighted by molar-refractivity contribution is 5.60. The molecular formula is C15H18FN3. The number of nitriles is 1. The number of halogens is 1. The molecule has 100 valence electrons. The first-order valence-corrected chi connectivity index (χ1v) is 6.81. The van der Waals surface area contributed by atoms with Crippen molar-refractivity contribution in [3.63, 3.8) is 0 Å². The molecule has 0 saturated carbocycles. The molecule has 0 spiro atoms. The number of nitrogens with zero attached hydrogens (tertiary/aromatic N) is 3. The molecule has 0 aliphatic carbocycles. The van der Waals surface area contributed by atoms with Gasteiger partial charge in [0.25, 0.3) is 0 Å². The van der Waals surface area contributed by atoms with Crippen molar-refractivity contribution in [2.45, 2.75) is 6.42 Å². The summed E-state index contributed by atoms with van der Waals surface area (Å²) in [5, 5.41) is 9.14. The number of hydrogen-bond donors (Lipinski definition) is 0. The van der Waals surface area contributed by atoms with Crippen LogP contribution in [0.1, 0.15) is 12.0 Å². The van der Waals surface area contributed by atoms with Gasteiger partial charge in [-0.05, 0) is 44.0 Å². The van der Waals surface area contributed by atoms with Crippen molar-refractivity contribution in [3.05, 3.63) is 29.6 Å². The van der Waals surface area contributed by atoms with E-state index in [1.165, 1.54) is 12.5 Å². The lowest BCUT2D eigenvalue weighted by Gasteiger charge is -2.31. The third-order valence-corrected chi connectivity index (χ3v) is 4.45. The lowest BCUT2D eigenvalue weighted by atomic mass is 9.89. The summed E-state index contributed by atoms with van der Waals surface area (Å²) >= 11 is 0. The summed E-state index contributed by atoms with van der Waals surface area (Å²) in [6.45, 7) is 4.14. The highest BCUT2D eigenvalue weighted by atomic mass is 19.1. The zero-order valence-corrected chi connectivity index (χ0v) is 11.1. The van der Waals surface area contributed by atoms with E-state index < -0.39 is 5.82 Å². The second kappa shape index (κ2) is 4.82. The molecule has 1 aromatic carbocycles. The molecular weight excluding hydrogens is 241 g/mol. The lowest BCUT2D eigenvalue weighted by Crippen LogP contribution is -2.37. The van der Waals surface area contributed by atoms with Crippen molar-refractivity contribution in [1.82, 2.24) is 4.90 Å². The van der Waals surface area contributed by atoms with E-state index in [1.54, 1.807) is 6.07 Å². The van der Waals surface area contributed by atoms with Crippen molar-refractivity contribution in [3.8, 4) is 6.07 Å². The van der Waals surface area contributed by atoms with E-state index in [4.69, 9.17) is 5.26 Å². The van der Waals surface area contributed by atoms with Crippen LogP contribution < -0.4 is 4.90 Å². The maximum Gasteiger partial charge on any atom is 0.143 e. The summed E-state index contributed by atoms with van der Waals surface area (Å²) in [6, 6.07) is 6.92. The van der Waals surface area contributed by atoms with E-state index >= 15 is 0 Å². The summed E-state index contributed by atoms with van der Waals surface area (Å²) in [5.74, 6) is 0.923. The Hall–Kier alpha value is -1.60. The van der Waals surface area contributed by atoms with Gasteiger partial charge in [-0.1, -0.05) is 6.07 Å². The van der Waals surface area contributed by atoms with Gasteiger partial charge in [-0.3, -0.25) is 0 Å². The van der Waals surface area contributed by atoms with E-state index in [2.05, 4.69) is 16.8 Å². The van der Waals surface area contributed by atoms with Crippen molar-refractivity contribution < 1.29 is 4.39 Å². The highest BCUT2D eigenvalue weighted by Crippen LogP contribution is 2.35. The van der Waals surface area contributed by atoms with Crippen LogP contribution in [-0.2, 0) is 0 Å². The molecule has 1 aromatic rings. The summed E-state index contributed by atoms with van der Waals surface area (Å²) in [4.78, 5) is 4.55. The Morgan fingerprint density at radius 1 is 1.26 bits per heavy atom. The average molecular weight is 259 g/mol. The van der Waals surface area contributed by atoms with E-state index in [-0.39, 0.29) is 5.56 Å². The highest BCUT2D eigenvalue weighted by Gasteiger charge is 2.36. The Balaban J connectivity index is 1.85. The van der Waals surface area contributed by atoms with Gasteiger partial charge in [0.05, 0.1) is 5.69 Å². The fourth-order valence-electron chi connectivity index (χ4n) is 3.43. The normalized spacial score (nSPS) is 27.1. The predicted molar refractivity (Wildman–Crippen MR) is 72.4 cm³/mol. The maximum atomic E-state index is 13.7. The summed E-state index contributed by atoms with van der Waals surface area (Å²) < 4.78 is 13.7. The standard InChI is InChI=1S/C15H18FN3/c1-18-6-5-11-9-19(10-12(11)8-18)15-4-2-3-14(16)13(15)7-17/h2-4,11-12H,5-6,8-10H2,1H3/t11-,12+/m1/s1. The Labute approximate surface area is 113 Å². The fourth-order valence-corrected chi connectivity index (χ4v) is 3.43. The zero-order chi connectivity index (χ0) is 13.4. The molecule has 2 aliphatic rings. The fraction of sp³-hybridized carbons (Fsp3) is 0.533. The van der Waals surface area contributed by atoms with Crippen LogP contribution in [0.25, 0.3) is 0 Å². The first-order valence-electron chi connectivity index (χ1n) is 6.81. The first-order chi connectivity index (χ1) is 9.19. The molecule has 2 aliphatic heterocycles. The minimum atomic E-state index is -0.410. The van der Waals surface area contributed by atoms with Gasteiger partial charge in [0.2, 0.25) is 0 Å². The molecule has 0 bridgehead atoms. The lowest BCUT2D eigenvalue weighted by molar-refractivity contribution is 0.178. The third-order valence-electron chi connectivity index (χ3n) is 4.45. The number of anilines is 1. The Morgan fingerprint density at radius 3 is 2.84 bits per heavy atom. The van der Waals surface area contributed by atoms with Crippen LogP contribution in [0.2, 0.25) is 0 Å². The van der Waals surface area contributed by atoms with E-state index in [1.807, 2.05) is 12.1 Å². The number of piperidine rings is 1. The molecule has 2 atom stereocenters. The second-order valence-electron chi connectivity index (χ2n) is 5.72. The van der Waals surface area contributed by atoms with Crippen LogP contribution in [-0.4, -0.2) is 38.1 Å². The molecule has 0 radical (unpaired) electrons. The van der Waals surface area contributed by atoms with Crippen LogP contribution >= 0.6 is 0 Å². The quantitative estimate of drug-likeness (QED) is 0.773. The number of hydrogen-bond acceptors (Lipinski definition) is 3. The maximum absolute atomic E-state index is 13.7. The van der Waals surface area contributed by atoms with Gasteiger partial charge in [0.15, 0.2) is 0 Å². The van der Waals surface area contributed by atoms with Gasteiger partial charge in [-0.15, -0.1) is 0 Å². The van der Waals surface area contributed by atoms with Gasteiger partial charge < -0.3 is 9.80 Å². The second-order valence-corrected chi connectivity index (χ2v) is 5.72. The largest absolute Gasteiger partial charge is 0.370 e. The topological polar surface area (TPSA) is 30.3 Å². The Bertz CT molecular complexity index is 523. The van der Waals surface area contributed by atoms with Crippen molar-refractivity contribution >= 4 is 5.69 Å². The summed E-state index contributed by atoms with van der Waals surface area (Å²) in [7, 11) is 2.15. The predicted octanol–water partition coefficient (Wildman–Crippen LogP) is 2.09. The molecule has 19 heavy (non-hydrogen) atoms. The molecule has 3 nitrogen and oxygen atoms in total. The molecule has 2 heterocycles. The molecule has 2 saturated heterocycles. The Kier molecular flexibility index (Phi) is 3.16. The van der Waals surface area contributed by atoms with Gasteiger partial charge >= 0.3 is 0 Å². The van der Waals surface area contributed by atoms with E-state index in [9.17, 15) is 4.39 Å². The van der Waals surface area contributed by atoms with Gasteiger partial charge in [0, 0.05) is 19.6 Å². The summed E-state index contributed by atoms with van der Waals surface area (Å²) in [6.07, 6.45) is 1.20. The first kappa shape index (κ1) is 12.4. The molecule has 0 amide bonds. The SMILES string of the molecule is CN1CC[C@@H]2CN(c3cccc(F)c3C#N)C[C@@H]2C1. The molecule has 2 fully saturated rings. The minimum Gasteiger partial charge on any atom is -0.370 e. The third kappa shape index (κ3) is 2.19. The van der Waals surface area contributed by atoms with Gasteiger partial charge in [0.1, 0.15) is 17.4 Å². The van der Waals surface area contributed by atoms with Crippen LogP contribution in [0, 0.1) is 29.0 Å². The van der Waals surface area contributed by atoms with Crippen LogP contribution in [0.15, 0.2) is 18.2 Å².